The van der Waals surface area contributed by atoms with Crippen LogP contribution in [0.3, 0.4) is 0 Å². The number of carboxylic acids is 1. The maximum atomic E-state index is 14.0. The summed E-state index contributed by atoms with van der Waals surface area (Å²) in [6, 6.07) is 32.1. The predicted molar refractivity (Wildman–Crippen MR) is 326 cm³/mol. The molecule has 0 bridgehead atoms. The number of carbonyl (C=O) groups is 2. The van der Waals surface area contributed by atoms with Gasteiger partial charge in [0, 0.05) is 54.0 Å². The number of hydrogen-bond acceptors (Lipinski definition) is 11. The maximum Gasteiger partial charge on any atom is 0.492 e. The van der Waals surface area contributed by atoms with Crippen molar-refractivity contribution in [3.05, 3.63) is 209 Å². The minimum Gasteiger partial charge on any atom is -0.477 e. The number of nitrogens with zero attached hydrogens (tertiary/aromatic N) is 4. The van der Waals surface area contributed by atoms with E-state index in [-0.39, 0.29) is 44.1 Å². The number of oxime groups is 2. The molecule has 2 atom stereocenters. The predicted octanol–water partition coefficient (Wildman–Crippen LogP) is 11.0. The molecule has 15 nitrogen and oxygen atoms in total. The molecule has 24 heteroatoms. The number of aromatic nitrogens is 2. The van der Waals surface area contributed by atoms with Crippen molar-refractivity contribution < 1.29 is 52.5 Å². The first-order chi connectivity index (χ1) is 39.3. The second-order valence-electron chi connectivity index (χ2n) is 22.0. The van der Waals surface area contributed by atoms with Crippen LogP contribution in [-0.2, 0) is 54.2 Å². The molecule has 436 valence electrons. The van der Waals surface area contributed by atoms with Crippen LogP contribution in [0.5, 0.6) is 0 Å². The topological polar surface area (TPSA) is 203 Å². The highest BCUT2D eigenvalue weighted by molar-refractivity contribution is 6.62. The summed E-state index contributed by atoms with van der Waals surface area (Å²) >= 11 is 23.9. The summed E-state index contributed by atoms with van der Waals surface area (Å²) in [5.41, 5.74) is 14.9. The van der Waals surface area contributed by atoms with Gasteiger partial charge in [-0.2, -0.15) is 0 Å². The van der Waals surface area contributed by atoms with Gasteiger partial charge in [0.1, 0.15) is 11.4 Å². The van der Waals surface area contributed by atoms with Gasteiger partial charge in [0.15, 0.2) is 22.8 Å². The van der Waals surface area contributed by atoms with E-state index in [1.54, 1.807) is 28.8 Å². The van der Waals surface area contributed by atoms with Crippen LogP contribution in [-0.4, -0.2) is 74.6 Å². The smallest absolute Gasteiger partial charge is 0.477 e. The Morgan fingerprint density at radius 3 is 1.48 bits per heavy atom. The summed E-state index contributed by atoms with van der Waals surface area (Å²) in [5.74, 6) is -2.58. The van der Waals surface area contributed by atoms with E-state index < -0.39 is 54.2 Å². The number of amides is 1. The summed E-state index contributed by atoms with van der Waals surface area (Å²) in [6.07, 6.45) is 5.72. The van der Waals surface area contributed by atoms with E-state index in [9.17, 15) is 33.5 Å². The third kappa shape index (κ3) is 12.1. The van der Waals surface area contributed by atoms with E-state index in [1.165, 1.54) is 30.3 Å². The van der Waals surface area contributed by atoms with Crippen molar-refractivity contribution in [1.82, 2.24) is 14.1 Å². The van der Waals surface area contributed by atoms with Crippen molar-refractivity contribution in [2.24, 2.45) is 16.0 Å². The van der Waals surface area contributed by atoms with E-state index in [2.05, 4.69) is 21.7 Å². The Kier molecular flexibility index (Phi) is 17.8. The molecule has 8 heterocycles. The summed E-state index contributed by atoms with van der Waals surface area (Å²) < 4.78 is 42.2. The SMILES string of the molecule is CC1(C)OB(O)c2cc(CCN)ccc21.CC1(C)OB(O)c2cc(CCNC(=O)c3ccc(C4=NOC(C)(c5cc(Cl)c(F)c(Cl)c5)C4)c4cccn34)ccc21.CC1(c2cc(Cl)c(F)c(Cl)c2)CC(c2ccc(C(=O)O)n3cccc23)=NO1.Cl. The van der Waals surface area contributed by atoms with E-state index in [1.807, 2.05) is 107 Å². The van der Waals surface area contributed by atoms with Crippen LogP contribution in [0.15, 0.2) is 132 Å². The molecule has 0 saturated carbocycles. The van der Waals surface area contributed by atoms with Crippen LogP contribution in [0.2, 0.25) is 20.1 Å². The normalized spacial score (nSPS) is 18.8. The van der Waals surface area contributed by atoms with Crippen molar-refractivity contribution in [1.29, 1.82) is 0 Å². The van der Waals surface area contributed by atoms with Crippen LogP contribution in [0.25, 0.3) is 11.0 Å². The zero-order chi connectivity index (χ0) is 59.5. The minimum absolute atomic E-state index is 0. The quantitative estimate of drug-likeness (QED) is 0.0612. The van der Waals surface area contributed by atoms with E-state index >= 15 is 0 Å². The zero-order valence-electron chi connectivity index (χ0n) is 46.3. The Morgan fingerprint density at radius 2 is 1.05 bits per heavy atom. The molecule has 0 spiro atoms. The molecule has 12 rings (SSSR count). The minimum atomic E-state index is -1.02. The first-order valence-electron chi connectivity index (χ1n) is 26.5. The van der Waals surface area contributed by atoms with Crippen LogP contribution >= 0.6 is 58.8 Å². The molecule has 0 fully saturated rings. The fraction of sp³-hybridized carbons (Fsp3) is 0.267. The van der Waals surface area contributed by atoms with E-state index in [4.69, 9.17) is 71.1 Å². The van der Waals surface area contributed by atoms with Gasteiger partial charge in [-0.05, 0) is 167 Å². The average molecular weight is 1240 g/mol. The third-order valence-electron chi connectivity index (χ3n) is 15.4. The zero-order valence-corrected chi connectivity index (χ0v) is 50.1. The van der Waals surface area contributed by atoms with Gasteiger partial charge in [0.25, 0.3) is 5.91 Å². The number of nitrogens with one attached hydrogen (secondary N) is 1. The second kappa shape index (κ2) is 24.1. The fourth-order valence-corrected chi connectivity index (χ4v) is 11.9. The highest BCUT2D eigenvalue weighted by Gasteiger charge is 2.43. The van der Waals surface area contributed by atoms with Crippen molar-refractivity contribution in [3.8, 4) is 0 Å². The molecule has 8 aromatic rings. The summed E-state index contributed by atoms with van der Waals surface area (Å²) in [5, 5.41) is 40.6. The number of pyridine rings is 2. The molecule has 0 aliphatic carbocycles. The molecule has 4 aromatic carbocycles. The Labute approximate surface area is 509 Å². The van der Waals surface area contributed by atoms with Gasteiger partial charge >= 0.3 is 20.2 Å². The molecule has 6 N–H and O–H groups in total. The lowest BCUT2D eigenvalue weighted by Gasteiger charge is -2.22. The summed E-state index contributed by atoms with van der Waals surface area (Å²) in [6.45, 7) is 12.5. The summed E-state index contributed by atoms with van der Waals surface area (Å²) in [4.78, 5) is 36.1. The first kappa shape index (κ1) is 62.1. The molecule has 84 heavy (non-hydrogen) atoms. The lowest BCUT2D eigenvalue weighted by molar-refractivity contribution is -0.00760. The molecule has 4 aliphatic heterocycles. The molecular weight excluding hydrogens is 1190 g/mol. The van der Waals surface area contributed by atoms with E-state index in [0.29, 0.717) is 66.1 Å². The number of rotatable bonds is 11. The first-order valence-corrected chi connectivity index (χ1v) is 28.0. The lowest BCUT2D eigenvalue weighted by atomic mass is 9.77. The summed E-state index contributed by atoms with van der Waals surface area (Å²) in [7, 11) is -1.75. The number of carbonyl (C=O) groups excluding carboxylic acids is 1. The molecule has 4 aromatic heterocycles. The fourth-order valence-electron chi connectivity index (χ4n) is 11.0. The van der Waals surface area contributed by atoms with Gasteiger partial charge in [-0.1, -0.05) is 93.1 Å². The number of halogens is 7. The number of benzene rings is 4. The molecule has 0 saturated heterocycles. The van der Waals surface area contributed by atoms with E-state index in [0.717, 1.165) is 56.2 Å². The molecular formula is C60H57B2Cl5F2N6O9. The van der Waals surface area contributed by atoms with Crippen molar-refractivity contribution in [3.63, 3.8) is 0 Å². The van der Waals surface area contributed by atoms with Gasteiger partial charge in [0.05, 0.1) is 53.7 Å². The van der Waals surface area contributed by atoms with Gasteiger partial charge in [-0.15, -0.1) is 12.4 Å². The Bertz CT molecular complexity index is 3930. The highest BCUT2D eigenvalue weighted by atomic mass is 35.5. The highest BCUT2D eigenvalue weighted by Crippen LogP contribution is 2.42. The number of aromatic carboxylic acids is 1. The van der Waals surface area contributed by atoms with Crippen molar-refractivity contribution >= 4 is 118 Å². The van der Waals surface area contributed by atoms with Gasteiger partial charge in [0.2, 0.25) is 0 Å². The van der Waals surface area contributed by atoms with Crippen LogP contribution in [0.1, 0.15) is 120 Å². The molecule has 1 amide bonds. The Hall–Kier alpha value is -6.48. The van der Waals surface area contributed by atoms with Gasteiger partial charge < -0.3 is 54.0 Å². The van der Waals surface area contributed by atoms with Crippen molar-refractivity contribution in [2.75, 3.05) is 13.1 Å². The second-order valence-corrected chi connectivity index (χ2v) is 23.7. The maximum absolute atomic E-state index is 14.0. The largest absolute Gasteiger partial charge is 0.492 e. The molecule has 0 radical (unpaired) electrons. The standard InChI is InChI=1S/C30H27BCl2FN3O4.C19H13Cl2FN2O3.C11H16BNO2.ClH/c1-29(2)20-8-6-17(13-21(20)31(39)40-29)10-11-35-28(38)26-9-7-19(25-5-4-12-37(25)26)24-16-30(3,41-36-24)18-14-22(32)27(34)23(33)15-18;1-19(10-7-12(20)17(22)13(21)8-10)9-14(23-27-19)11-4-5-16(18(25)26)24-6-2-3-15(11)24;1-11(2)9-4-3-8(5-6-13)7-10(9)12(14)15-11;/h4-9,12-15,39H,10-11,16H2,1-3H3,(H,35,38);2-8H,9H2,1H3,(H,25,26);3-4,7,14H,5-6,13H2,1-2H3;1H. The number of fused-ring (bicyclic) bond motifs is 4. The van der Waals surface area contributed by atoms with Gasteiger partial charge in [-0.25, -0.2) is 13.6 Å². The Balaban J connectivity index is 0.000000168. The molecule has 4 aliphatic rings. The molecule has 2 unspecified atom stereocenters. The number of hydrogen-bond donors (Lipinski definition) is 5. The van der Waals surface area contributed by atoms with Crippen LogP contribution < -0.4 is 22.0 Å². The average Bonchev–Trinajstić information content (AvgIpc) is 2.02. The van der Waals surface area contributed by atoms with Crippen LogP contribution in [0, 0.1) is 11.6 Å². The number of carboxylic acid groups (broad SMARTS) is 1. The van der Waals surface area contributed by atoms with Crippen LogP contribution in [0.4, 0.5) is 8.78 Å². The number of nitrogens with two attached hydrogens (primary N) is 1. The Morgan fingerprint density at radius 1 is 0.631 bits per heavy atom. The third-order valence-corrected chi connectivity index (χ3v) is 16.5. The van der Waals surface area contributed by atoms with Crippen molar-refractivity contribution in [2.45, 2.75) is 89.6 Å². The van der Waals surface area contributed by atoms with Gasteiger partial charge in [-0.3, -0.25) is 4.79 Å². The monoisotopic (exact) mass is 1240 g/mol. The lowest BCUT2D eigenvalue weighted by Crippen LogP contribution is -2.30.